The van der Waals surface area contributed by atoms with Crippen molar-refractivity contribution in [3.8, 4) is 5.69 Å². The highest BCUT2D eigenvalue weighted by atomic mass is 16.2. The van der Waals surface area contributed by atoms with Crippen LogP contribution in [0.5, 0.6) is 0 Å². The van der Waals surface area contributed by atoms with Gasteiger partial charge in [0.1, 0.15) is 12.7 Å². The van der Waals surface area contributed by atoms with Gasteiger partial charge in [-0.1, -0.05) is 18.2 Å². The maximum atomic E-state index is 12.8. The maximum Gasteiger partial charge on any atom is 0.253 e. The molecule has 1 fully saturated rings. The summed E-state index contributed by atoms with van der Waals surface area (Å²) in [5.41, 5.74) is 2.29. The summed E-state index contributed by atoms with van der Waals surface area (Å²) >= 11 is 0. The number of carbonyl (C=O) groups excluding carboxylic acids is 2. The van der Waals surface area contributed by atoms with Gasteiger partial charge in [0.2, 0.25) is 5.91 Å². The Hall–Kier alpha value is -3.48. The lowest BCUT2D eigenvalue weighted by atomic mass is 9.95. The maximum absolute atomic E-state index is 12.8. The lowest BCUT2D eigenvalue weighted by Crippen LogP contribution is -2.41. The van der Waals surface area contributed by atoms with Crippen molar-refractivity contribution in [3.05, 3.63) is 72.8 Å². The lowest BCUT2D eigenvalue weighted by Gasteiger charge is -2.31. The van der Waals surface area contributed by atoms with E-state index >= 15 is 0 Å². The van der Waals surface area contributed by atoms with Gasteiger partial charge in [0, 0.05) is 30.3 Å². The van der Waals surface area contributed by atoms with Crippen molar-refractivity contribution >= 4 is 17.5 Å². The molecular formula is C21H21N5O2. The van der Waals surface area contributed by atoms with Gasteiger partial charge in [-0.3, -0.25) is 9.59 Å². The molecule has 28 heavy (non-hydrogen) atoms. The quantitative estimate of drug-likeness (QED) is 0.760. The van der Waals surface area contributed by atoms with Gasteiger partial charge in [-0.25, -0.2) is 9.67 Å². The first-order valence-corrected chi connectivity index (χ1v) is 9.31. The number of nitrogens with one attached hydrogen (secondary N) is 1. The number of piperidine rings is 1. The van der Waals surface area contributed by atoms with Crippen molar-refractivity contribution in [3.63, 3.8) is 0 Å². The van der Waals surface area contributed by atoms with Crippen molar-refractivity contribution in [2.45, 2.75) is 12.8 Å². The second kappa shape index (κ2) is 8.04. The van der Waals surface area contributed by atoms with Crippen LogP contribution in [0.25, 0.3) is 5.69 Å². The molecule has 1 aromatic heterocycles. The summed E-state index contributed by atoms with van der Waals surface area (Å²) in [6, 6.07) is 16.7. The molecule has 4 rings (SSSR count). The Morgan fingerprint density at radius 3 is 2.32 bits per heavy atom. The monoisotopic (exact) mass is 375 g/mol. The Morgan fingerprint density at radius 2 is 1.68 bits per heavy atom. The summed E-state index contributed by atoms with van der Waals surface area (Å²) in [4.78, 5) is 30.9. The van der Waals surface area contributed by atoms with Crippen LogP contribution in [-0.2, 0) is 4.79 Å². The van der Waals surface area contributed by atoms with Crippen LogP contribution in [-0.4, -0.2) is 44.6 Å². The number of rotatable bonds is 4. The zero-order valence-corrected chi connectivity index (χ0v) is 15.4. The molecule has 1 N–H and O–H groups in total. The predicted octanol–water partition coefficient (Wildman–Crippen LogP) is 2.76. The Bertz CT molecular complexity index is 931. The first kappa shape index (κ1) is 17.9. The molecule has 0 spiro atoms. The second-order valence-corrected chi connectivity index (χ2v) is 6.81. The summed E-state index contributed by atoms with van der Waals surface area (Å²) in [7, 11) is 0. The first-order chi connectivity index (χ1) is 13.7. The molecule has 0 unspecified atom stereocenters. The molecule has 0 atom stereocenters. The van der Waals surface area contributed by atoms with Crippen LogP contribution in [0.2, 0.25) is 0 Å². The molecule has 0 saturated carbocycles. The molecule has 1 saturated heterocycles. The van der Waals surface area contributed by atoms with Gasteiger partial charge in [0.15, 0.2) is 0 Å². The van der Waals surface area contributed by atoms with E-state index in [1.807, 2.05) is 47.4 Å². The SMILES string of the molecule is O=C(Nc1ccccc1)C1CCN(C(=O)c2ccc(-n3cncn3)cc2)CC1. The Morgan fingerprint density at radius 1 is 0.964 bits per heavy atom. The third-order valence-electron chi connectivity index (χ3n) is 4.99. The van der Waals surface area contributed by atoms with Gasteiger partial charge in [0.25, 0.3) is 5.91 Å². The van der Waals surface area contributed by atoms with E-state index in [0.717, 1.165) is 11.4 Å². The van der Waals surface area contributed by atoms with E-state index in [2.05, 4.69) is 15.4 Å². The van der Waals surface area contributed by atoms with Crippen LogP contribution in [0.4, 0.5) is 5.69 Å². The summed E-state index contributed by atoms with van der Waals surface area (Å²) < 4.78 is 1.64. The summed E-state index contributed by atoms with van der Waals surface area (Å²) in [6.45, 7) is 1.16. The third kappa shape index (κ3) is 3.93. The van der Waals surface area contributed by atoms with E-state index < -0.39 is 0 Å². The van der Waals surface area contributed by atoms with Gasteiger partial charge in [-0.15, -0.1) is 0 Å². The number of amides is 2. The van der Waals surface area contributed by atoms with Gasteiger partial charge in [0.05, 0.1) is 5.69 Å². The summed E-state index contributed by atoms with van der Waals surface area (Å²) in [5, 5.41) is 7.03. The topological polar surface area (TPSA) is 80.1 Å². The van der Waals surface area contributed by atoms with Gasteiger partial charge in [-0.2, -0.15) is 5.10 Å². The average Bonchev–Trinajstić information content (AvgIpc) is 3.29. The molecule has 7 nitrogen and oxygen atoms in total. The molecule has 0 bridgehead atoms. The zero-order chi connectivity index (χ0) is 19.3. The van der Waals surface area contributed by atoms with E-state index in [9.17, 15) is 9.59 Å². The van der Waals surface area contributed by atoms with E-state index in [1.165, 1.54) is 6.33 Å². The van der Waals surface area contributed by atoms with Crippen LogP contribution >= 0.6 is 0 Å². The molecule has 0 aliphatic carbocycles. The van der Waals surface area contributed by atoms with Crippen molar-refractivity contribution in [2.24, 2.45) is 5.92 Å². The third-order valence-corrected chi connectivity index (χ3v) is 4.99. The van der Waals surface area contributed by atoms with Crippen molar-refractivity contribution in [1.29, 1.82) is 0 Å². The standard InChI is InChI=1S/C21H21N5O2/c27-20(24-18-4-2-1-3-5-18)16-10-12-25(13-11-16)21(28)17-6-8-19(9-7-17)26-15-22-14-23-26/h1-9,14-16H,10-13H2,(H,24,27). The zero-order valence-electron chi connectivity index (χ0n) is 15.4. The fourth-order valence-corrected chi connectivity index (χ4v) is 3.39. The molecule has 1 aliphatic rings. The Labute approximate surface area is 163 Å². The predicted molar refractivity (Wildman–Crippen MR) is 105 cm³/mol. The minimum atomic E-state index is -0.0704. The highest BCUT2D eigenvalue weighted by molar-refractivity contribution is 5.95. The lowest BCUT2D eigenvalue weighted by molar-refractivity contribution is -0.121. The number of para-hydroxylation sites is 1. The molecule has 7 heteroatoms. The highest BCUT2D eigenvalue weighted by Gasteiger charge is 2.27. The summed E-state index contributed by atoms with van der Waals surface area (Å²) in [6.07, 6.45) is 4.42. The molecule has 2 heterocycles. The molecule has 0 radical (unpaired) electrons. The molecule has 3 aromatic rings. The van der Waals surface area contributed by atoms with E-state index in [4.69, 9.17) is 0 Å². The fraction of sp³-hybridized carbons (Fsp3) is 0.238. The fourth-order valence-electron chi connectivity index (χ4n) is 3.39. The van der Waals surface area contributed by atoms with Crippen LogP contribution in [0.3, 0.4) is 0 Å². The van der Waals surface area contributed by atoms with E-state index in [0.29, 0.717) is 31.5 Å². The normalized spacial score (nSPS) is 14.6. The highest BCUT2D eigenvalue weighted by Crippen LogP contribution is 2.21. The Balaban J connectivity index is 1.33. The van der Waals surface area contributed by atoms with Crippen molar-refractivity contribution in [2.75, 3.05) is 18.4 Å². The Kier molecular flexibility index (Phi) is 5.14. The van der Waals surface area contributed by atoms with Gasteiger partial charge >= 0.3 is 0 Å². The number of benzene rings is 2. The number of nitrogens with zero attached hydrogens (tertiary/aromatic N) is 4. The number of anilines is 1. The van der Waals surface area contributed by atoms with Crippen LogP contribution in [0.15, 0.2) is 67.3 Å². The number of hydrogen-bond acceptors (Lipinski definition) is 4. The minimum absolute atomic E-state index is 0.00735. The van der Waals surface area contributed by atoms with Crippen LogP contribution in [0, 0.1) is 5.92 Å². The molecule has 1 aliphatic heterocycles. The van der Waals surface area contributed by atoms with Crippen molar-refractivity contribution in [1.82, 2.24) is 19.7 Å². The largest absolute Gasteiger partial charge is 0.339 e. The number of aromatic nitrogens is 3. The first-order valence-electron chi connectivity index (χ1n) is 9.31. The van der Waals surface area contributed by atoms with E-state index in [-0.39, 0.29) is 17.7 Å². The molecule has 2 aromatic carbocycles. The molecular weight excluding hydrogens is 354 g/mol. The van der Waals surface area contributed by atoms with Crippen LogP contribution < -0.4 is 5.32 Å². The number of hydrogen-bond donors (Lipinski definition) is 1. The summed E-state index contributed by atoms with van der Waals surface area (Å²) in [5.74, 6) is -0.0542. The number of carbonyl (C=O) groups is 2. The van der Waals surface area contributed by atoms with Crippen LogP contribution in [0.1, 0.15) is 23.2 Å². The molecule has 142 valence electrons. The van der Waals surface area contributed by atoms with Gasteiger partial charge < -0.3 is 10.2 Å². The van der Waals surface area contributed by atoms with Crippen molar-refractivity contribution < 1.29 is 9.59 Å². The number of likely N-dealkylation sites (tertiary alicyclic amines) is 1. The smallest absolute Gasteiger partial charge is 0.253 e. The molecule has 2 amide bonds. The van der Waals surface area contributed by atoms with E-state index in [1.54, 1.807) is 23.1 Å². The second-order valence-electron chi connectivity index (χ2n) is 6.81. The minimum Gasteiger partial charge on any atom is -0.339 e. The van der Waals surface area contributed by atoms with Gasteiger partial charge in [-0.05, 0) is 49.2 Å². The average molecular weight is 375 g/mol.